The van der Waals surface area contributed by atoms with Gasteiger partial charge in [0, 0.05) is 0 Å². The van der Waals surface area contributed by atoms with Crippen LogP contribution in [0.25, 0.3) is 0 Å². The second-order valence-electron chi connectivity index (χ2n) is 2.92. The van der Waals surface area contributed by atoms with Gasteiger partial charge in [-0.25, -0.2) is 9.59 Å². The molecule has 16 heteroatoms. The molecular formula is C5H5BF7LiO7. The van der Waals surface area contributed by atoms with Crippen LogP contribution in [-0.2, 0) is 9.59 Å². The summed E-state index contributed by atoms with van der Waals surface area (Å²) in [5.41, 5.74) is 0. The van der Waals surface area contributed by atoms with E-state index in [1.807, 2.05) is 0 Å². The van der Waals surface area contributed by atoms with Gasteiger partial charge in [0.15, 0.2) is 0 Å². The van der Waals surface area contributed by atoms with Crippen molar-refractivity contribution in [2.24, 2.45) is 0 Å². The maximum atomic E-state index is 11.6. The predicted octanol–water partition coefficient (Wildman–Crippen LogP) is -0.951. The van der Waals surface area contributed by atoms with E-state index in [-0.39, 0.29) is 0 Å². The van der Waals surface area contributed by atoms with Gasteiger partial charge >= 0.3 is 84.4 Å². The zero-order chi connectivity index (χ0) is 18.2. The van der Waals surface area contributed by atoms with Crippen LogP contribution in [0.5, 0.6) is 0 Å². The Morgan fingerprint density at radius 3 is 1.00 bits per heavy atom. The Labute approximate surface area is 120 Å². The first-order valence-electron chi connectivity index (χ1n) is 4.20. The summed E-state index contributed by atoms with van der Waals surface area (Å²) in [6.45, 7) is 0. The fourth-order valence-electron chi connectivity index (χ4n) is 0.249. The minimum atomic E-state index is -6.20. The normalized spacial score (nSPS) is 11.4. The quantitative estimate of drug-likeness (QED) is 0.238. The molecule has 0 bridgehead atoms. The van der Waals surface area contributed by atoms with Gasteiger partial charge in [0.05, 0.1) is 0 Å². The number of carboxylic acid groups (broad SMARTS) is 2. The molecule has 0 aromatic carbocycles. The van der Waals surface area contributed by atoms with Gasteiger partial charge in [-0.15, -0.1) is 0 Å². The number of alkyl halides is 7. The van der Waals surface area contributed by atoms with Crippen LogP contribution in [0.2, 0.25) is 0 Å². The monoisotopic (exact) mass is 328 g/mol. The number of aliphatic carboxylic acids is 2. The third-order valence-electron chi connectivity index (χ3n) is 1.09. The predicted molar refractivity (Wildman–Crippen MR) is 49.4 cm³/mol. The zero-order valence-electron chi connectivity index (χ0n) is 9.78. The molecule has 0 aliphatic carbocycles. The first-order valence-corrected chi connectivity index (χ1v) is 4.20. The van der Waals surface area contributed by atoms with Crippen LogP contribution in [0.4, 0.5) is 30.7 Å². The third kappa shape index (κ3) is 12.4. The van der Waals surface area contributed by atoms with Crippen LogP contribution >= 0.6 is 0 Å². The van der Waals surface area contributed by atoms with E-state index in [0.29, 0.717) is 0 Å². The fraction of sp³-hybridized carbons (Fsp3) is 0.600. The van der Waals surface area contributed by atoms with Crippen molar-refractivity contribution >= 4 is 37.0 Å². The van der Waals surface area contributed by atoms with Crippen LogP contribution in [0, 0.1) is 0 Å². The van der Waals surface area contributed by atoms with E-state index in [1.54, 1.807) is 0 Å². The van der Waals surface area contributed by atoms with Crippen LogP contribution in [0.15, 0.2) is 0 Å². The molecule has 120 valence electrons. The fourth-order valence-corrected chi connectivity index (χ4v) is 0.249. The summed E-state index contributed by atoms with van der Waals surface area (Å²) in [7, 11) is -2.17. The summed E-state index contributed by atoms with van der Waals surface area (Å²) in [5, 5.41) is 36.3. The molecule has 7 nitrogen and oxygen atoms in total. The van der Waals surface area contributed by atoms with E-state index in [0.717, 1.165) is 0 Å². The van der Waals surface area contributed by atoms with Crippen molar-refractivity contribution in [3.8, 4) is 0 Å². The van der Waals surface area contributed by atoms with Crippen molar-refractivity contribution in [3.05, 3.63) is 0 Å². The summed E-state index contributed by atoms with van der Waals surface area (Å²) >= 11 is -0.486. The van der Waals surface area contributed by atoms with Crippen LogP contribution in [-0.4, -0.2) is 79.0 Å². The summed E-state index contributed by atoms with van der Waals surface area (Å²) < 4.78 is 74.4. The van der Waals surface area contributed by atoms with E-state index in [1.165, 1.54) is 0 Å². The van der Waals surface area contributed by atoms with Gasteiger partial charge in [-0.2, -0.15) is 0 Å². The molecule has 0 aromatic rings. The molecule has 21 heavy (non-hydrogen) atoms. The van der Waals surface area contributed by atoms with Crippen molar-refractivity contribution in [1.29, 1.82) is 0 Å². The SMILES string of the molecule is O=C(O)C(=O)O.OB(O)O.[Li][C](F)(F)C(F)(F)C(F)(F)F. The van der Waals surface area contributed by atoms with E-state index in [2.05, 4.69) is 0 Å². The van der Waals surface area contributed by atoms with Gasteiger partial charge in [-0.05, 0) is 0 Å². The van der Waals surface area contributed by atoms with Gasteiger partial charge < -0.3 is 25.3 Å². The van der Waals surface area contributed by atoms with Crippen molar-refractivity contribution in [3.63, 3.8) is 0 Å². The first-order chi connectivity index (χ1) is 8.87. The van der Waals surface area contributed by atoms with Crippen molar-refractivity contribution in [2.45, 2.75) is 16.7 Å². The molecule has 0 fully saturated rings. The molecule has 0 rings (SSSR count). The number of halogens is 7. The van der Waals surface area contributed by atoms with Crippen LogP contribution in [0.3, 0.4) is 0 Å². The maximum absolute atomic E-state index is 11.6. The van der Waals surface area contributed by atoms with Crippen molar-refractivity contribution < 1.29 is 65.6 Å². The average Bonchev–Trinajstić information content (AvgIpc) is 2.13. The summed E-state index contributed by atoms with van der Waals surface area (Å²) in [4.78, 5) is 18.2. The van der Waals surface area contributed by atoms with Crippen molar-refractivity contribution in [1.82, 2.24) is 0 Å². The molecule has 0 aliphatic heterocycles. The standard InChI is InChI=1S/C3F7.C2H2O4.BH3O3.Li/c4-1(5)2(6,7)3(8,9)10;3-1(4)2(5)6;2-1(3)4;/h;(H,3,4)(H,5,6);2-4H;. The van der Waals surface area contributed by atoms with Crippen LogP contribution in [0.1, 0.15) is 0 Å². The third-order valence-corrected chi connectivity index (χ3v) is 1.09. The second kappa shape index (κ2) is 9.10. The summed E-state index contributed by atoms with van der Waals surface area (Å²) in [6, 6.07) is 0. The average molecular weight is 328 g/mol. The Balaban J connectivity index is -0.000000272. The molecule has 0 saturated heterocycles. The number of hydrogen-bond donors (Lipinski definition) is 5. The molecule has 0 aromatic heterocycles. The molecule has 0 amide bonds. The molecule has 0 radical (unpaired) electrons. The van der Waals surface area contributed by atoms with Crippen LogP contribution < -0.4 is 0 Å². The summed E-state index contributed by atoms with van der Waals surface area (Å²) in [6.07, 6.45) is -6.20. The molecule has 5 N–H and O–H groups in total. The van der Waals surface area contributed by atoms with Gasteiger partial charge in [-0.1, -0.05) is 0 Å². The summed E-state index contributed by atoms with van der Waals surface area (Å²) in [5.74, 6) is -9.61. The molecule has 0 aliphatic rings. The Kier molecular flexibility index (Phi) is 10.8. The van der Waals surface area contributed by atoms with Crippen molar-refractivity contribution in [2.75, 3.05) is 0 Å². The minimum absolute atomic E-state index is 0.486. The topological polar surface area (TPSA) is 135 Å². The number of hydrogen-bond acceptors (Lipinski definition) is 5. The number of rotatable bonds is 1. The van der Waals surface area contributed by atoms with Gasteiger partial charge in [0.25, 0.3) is 0 Å². The van der Waals surface area contributed by atoms with E-state index in [9.17, 15) is 30.7 Å². The Morgan fingerprint density at radius 1 is 0.810 bits per heavy atom. The molecule has 0 saturated carbocycles. The number of carbonyl (C=O) groups is 2. The molecule has 0 atom stereocenters. The molecule has 0 spiro atoms. The van der Waals surface area contributed by atoms with E-state index < -0.39 is 53.7 Å². The molecular weight excluding hydrogens is 323 g/mol. The zero-order valence-corrected chi connectivity index (χ0v) is 9.78. The number of carboxylic acids is 2. The van der Waals surface area contributed by atoms with E-state index >= 15 is 0 Å². The molecule has 0 heterocycles. The Bertz CT molecular complexity index is 310. The molecule has 0 unspecified atom stereocenters. The van der Waals surface area contributed by atoms with E-state index in [4.69, 9.17) is 34.9 Å². The first kappa shape index (κ1) is 25.0. The Hall–Kier alpha value is -1.01. The van der Waals surface area contributed by atoms with Gasteiger partial charge in [0.1, 0.15) is 0 Å². The van der Waals surface area contributed by atoms with Gasteiger partial charge in [-0.3, -0.25) is 0 Å². The Morgan fingerprint density at radius 2 is 1.00 bits per heavy atom. The van der Waals surface area contributed by atoms with Gasteiger partial charge in [0.2, 0.25) is 0 Å². The second-order valence-corrected chi connectivity index (χ2v) is 2.92.